The van der Waals surface area contributed by atoms with Gasteiger partial charge in [0, 0.05) is 17.1 Å². The summed E-state index contributed by atoms with van der Waals surface area (Å²) in [6.45, 7) is 1.82. The van der Waals surface area contributed by atoms with Gasteiger partial charge in [-0.1, -0.05) is 41.6 Å². The number of nitrogens with zero attached hydrogens (tertiary/aromatic N) is 4. The van der Waals surface area contributed by atoms with E-state index in [2.05, 4.69) is 10.1 Å². The van der Waals surface area contributed by atoms with E-state index in [1.807, 2.05) is 61.7 Å². The summed E-state index contributed by atoms with van der Waals surface area (Å²) in [7, 11) is 1.59. The summed E-state index contributed by atoms with van der Waals surface area (Å²) in [5.74, 6) is 0.224. The molecule has 8 heteroatoms. The Balaban J connectivity index is 2.06. The smallest absolute Gasteiger partial charge is 0.293 e. The fourth-order valence-electron chi connectivity index (χ4n) is 3.56. The number of amides is 1. The first kappa shape index (κ1) is 19.2. The van der Waals surface area contributed by atoms with E-state index in [1.165, 1.54) is 11.8 Å². The highest BCUT2D eigenvalue weighted by atomic mass is 32.2. The number of carbonyl (C=O) groups excluding carboxylic acids is 1. The minimum Gasteiger partial charge on any atom is -0.854 e. The zero-order valence-electron chi connectivity index (χ0n) is 16.3. The van der Waals surface area contributed by atoms with E-state index in [0.29, 0.717) is 34.3 Å². The van der Waals surface area contributed by atoms with Crippen molar-refractivity contribution in [2.45, 2.75) is 24.7 Å². The van der Waals surface area contributed by atoms with Gasteiger partial charge in [0.1, 0.15) is 5.75 Å². The Bertz CT molecular complexity index is 1090. The first-order valence-electron chi connectivity index (χ1n) is 9.19. The zero-order valence-corrected chi connectivity index (χ0v) is 17.1. The number of hydrogen-bond donors (Lipinski definition) is 0. The lowest BCUT2D eigenvalue weighted by Gasteiger charge is -2.33. The Morgan fingerprint density at radius 3 is 2.79 bits per heavy atom. The Morgan fingerprint density at radius 1 is 1.28 bits per heavy atom. The zero-order chi connectivity index (χ0) is 20.5. The van der Waals surface area contributed by atoms with Crippen LogP contribution < -0.4 is 19.4 Å². The molecule has 148 valence electrons. The third-order valence-electron chi connectivity index (χ3n) is 4.86. The molecule has 2 aromatic carbocycles. The normalized spacial score (nSPS) is 14.9. The lowest BCUT2D eigenvalue weighted by atomic mass is 10.0. The van der Waals surface area contributed by atoms with E-state index in [4.69, 9.17) is 4.74 Å². The van der Waals surface area contributed by atoms with Gasteiger partial charge in [-0.05, 0) is 36.6 Å². The van der Waals surface area contributed by atoms with Gasteiger partial charge in [-0.2, -0.15) is 0 Å². The number of aromatic nitrogens is 3. The molecule has 1 aromatic heterocycles. The Morgan fingerprint density at radius 2 is 2.07 bits per heavy atom. The molecule has 0 saturated carbocycles. The molecule has 4 rings (SSSR count). The minimum absolute atomic E-state index is 0.0693. The van der Waals surface area contributed by atoms with Crippen LogP contribution in [0.2, 0.25) is 0 Å². The largest absolute Gasteiger partial charge is 0.854 e. The molecule has 3 aromatic rings. The first-order valence-corrected chi connectivity index (χ1v) is 10.4. The standard InChI is InChI=1S/C21H20N4O3S/c1-4-17(26)24-16-11-6-5-10-15(16)18-19(27)22-21(29-3)23-25(18)20(24)13-8-7-9-14(12-13)28-2/h5-12,20H,4H2,1-3H3. The summed E-state index contributed by atoms with van der Waals surface area (Å²) in [4.78, 5) is 18.9. The molecule has 0 saturated heterocycles. The molecule has 0 aliphatic carbocycles. The van der Waals surface area contributed by atoms with E-state index in [0.717, 1.165) is 5.56 Å². The fraction of sp³-hybridized carbons (Fsp3) is 0.238. The van der Waals surface area contributed by atoms with Crippen LogP contribution in [0.5, 0.6) is 11.6 Å². The maximum absolute atomic E-state index is 13.1. The second-order valence-corrected chi connectivity index (χ2v) is 7.25. The van der Waals surface area contributed by atoms with E-state index in [1.54, 1.807) is 16.7 Å². The summed E-state index contributed by atoms with van der Waals surface area (Å²) in [6, 6.07) is 14.8. The maximum Gasteiger partial charge on any atom is 0.293 e. The number of fused-ring (bicyclic) bond motifs is 3. The molecule has 7 nitrogen and oxygen atoms in total. The predicted molar refractivity (Wildman–Crippen MR) is 108 cm³/mol. The van der Waals surface area contributed by atoms with Gasteiger partial charge in [0.15, 0.2) is 0 Å². The monoisotopic (exact) mass is 408 g/mol. The fourth-order valence-corrected chi connectivity index (χ4v) is 3.91. The Labute approximate surface area is 173 Å². The highest BCUT2D eigenvalue weighted by Gasteiger charge is 2.44. The molecule has 0 radical (unpaired) electrons. The van der Waals surface area contributed by atoms with Gasteiger partial charge in [-0.15, -0.1) is 0 Å². The van der Waals surface area contributed by atoms with Gasteiger partial charge in [-0.25, -0.2) is 9.88 Å². The predicted octanol–water partition coefficient (Wildman–Crippen LogP) is 2.54. The molecule has 1 unspecified atom stereocenters. The first-order chi connectivity index (χ1) is 14.1. The molecular formula is C21H20N4O3S. The van der Waals surface area contributed by atoms with Crippen LogP contribution in [0.25, 0.3) is 11.3 Å². The van der Waals surface area contributed by atoms with Crippen LogP contribution in [-0.4, -0.2) is 29.4 Å². The lowest BCUT2D eigenvalue weighted by Crippen LogP contribution is -2.59. The average Bonchev–Trinajstić information content (AvgIpc) is 2.77. The number of ether oxygens (including phenoxy) is 1. The number of thioether (sulfide) groups is 1. The van der Waals surface area contributed by atoms with E-state index >= 15 is 0 Å². The molecule has 1 aliphatic heterocycles. The highest BCUT2D eigenvalue weighted by molar-refractivity contribution is 7.98. The van der Waals surface area contributed by atoms with Crippen LogP contribution in [-0.2, 0) is 4.79 Å². The molecular weight excluding hydrogens is 388 g/mol. The van der Waals surface area contributed by atoms with E-state index < -0.39 is 6.17 Å². The quantitative estimate of drug-likeness (QED) is 0.487. The van der Waals surface area contributed by atoms with Crippen LogP contribution in [0.4, 0.5) is 5.69 Å². The Kier molecular flexibility index (Phi) is 5.10. The van der Waals surface area contributed by atoms with Crippen molar-refractivity contribution in [3.8, 4) is 22.9 Å². The average molecular weight is 408 g/mol. The molecule has 0 spiro atoms. The van der Waals surface area contributed by atoms with Crippen molar-refractivity contribution < 1.29 is 19.3 Å². The highest BCUT2D eigenvalue weighted by Crippen LogP contribution is 2.41. The summed E-state index contributed by atoms with van der Waals surface area (Å²) in [5, 5.41) is 17.9. The second kappa shape index (κ2) is 7.71. The number of benzene rings is 2. The van der Waals surface area contributed by atoms with Crippen molar-refractivity contribution in [3.63, 3.8) is 0 Å². The third-order valence-corrected chi connectivity index (χ3v) is 5.40. The van der Waals surface area contributed by atoms with Crippen molar-refractivity contribution in [1.82, 2.24) is 10.1 Å². The number of carbonyl (C=O) groups is 1. The second-order valence-electron chi connectivity index (χ2n) is 6.48. The number of anilines is 1. The maximum atomic E-state index is 13.1. The molecule has 1 atom stereocenters. The molecule has 1 amide bonds. The summed E-state index contributed by atoms with van der Waals surface area (Å²) in [6.07, 6.45) is 1.51. The van der Waals surface area contributed by atoms with Gasteiger partial charge >= 0.3 is 0 Å². The SMILES string of the molecule is CCC(=O)N1c2ccccc2-c2c([O-])nc(SC)n[n+]2C1c1cccc(OC)c1. The number of rotatable bonds is 4. The van der Waals surface area contributed by atoms with Crippen LogP contribution in [0.3, 0.4) is 0 Å². The summed E-state index contributed by atoms with van der Waals surface area (Å²) < 4.78 is 7.00. The molecule has 0 N–H and O–H groups in total. The van der Waals surface area contributed by atoms with Crippen molar-refractivity contribution in [2.24, 2.45) is 0 Å². The van der Waals surface area contributed by atoms with Crippen molar-refractivity contribution in [1.29, 1.82) is 0 Å². The molecule has 29 heavy (non-hydrogen) atoms. The van der Waals surface area contributed by atoms with E-state index in [-0.39, 0.29) is 11.8 Å². The molecule has 0 bridgehead atoms. The van der Waals surface area contributed by atoms with Crippen LogP contribution in [0.15, 0.2) is 53.7 Å². The topological polar surface area (TPSA) is 82.3 Å². The van der Waals surface area contributed by atoms with Crippen molar-refractivity contribution >= 4 is 23.4 Å². The van der Waals surface area contributed by atoms with Gasteiger partial charge < -0.3 is 9.84 Å². The number of hydrogen-bond acceptors (Lipinski definition) is 6. The molecule has 0 fully saturated rings. The van der Waals surface area contributed by atoms with Gasteiger partial charge in [0.25, 0.3) is 17.0 Å². The lowest BCUT2D eigenvalue weighted by molar-refractivity contribution is -0.764. The van der Waals surface area contributed by atoms with Crippen molar-refractivity contribution in [2.75, 3.05) is 18.3 Å². The van der Waals surface area contributed by atoms with Crippen LogP contribution in [0, 0.1) is 0 Å². The summed E-state index contributed by atoms with van der Waals surface area (Å²) >= 11 is 1.29. The van der Waals surface area contributed by atoms with Gasteiger partial charge in [0.05, 0.1) is 24.2 Å². The van der Waals surface area contributed by atoms with Crippen LogP contribution >= 0.6 is 11.8 Å². The van der Waals surface area contributed by atoms with Crippen molar-refractivity contribution in [3.05, 3.63) is 54.1 Å². The number of para-hydroxylation sites is 1. The molecule has 2 heterocycles. The van der Waals surface area contributed by atoms with Gasteiger partial charge in [-0.3, -0.25) is 4.79 Å². The third kappa shape index (κ3) is 3.19. The molecule has 1 aliphatic rings. The number of methoxy groups -OCH3 is 1. The minimum atomic E-state index is -0.621. The van der Waals surface area contributed by atoms with Gasteiger partial charge in [0.2, 0.25) is 5.91 Å². The van der Waals surface area contributed by atoms with E-state index in [9.17, 15) is 9.90 Å². The Hall–Kier alpha value is -3.13. The summed E-state index contributed by atoms with van der Waals surface area (Å²) in [5.41, 5.74) is 2.47. The van der Waals surface area contributed by atoms with Crippen LogP contribution in [0.1, 0.15) is 25.1 Å².